The number of rotatable bonds is 3. The molecule has 0 aliphatic heterocycles. The van der Waals surface area contributed by atoms with E-state index in [1.807, 2.05) is 0 Å². The van der Waals surface area contributed by atoms with Gasteiger partial charge in [0.2, 0.25) is 5.89 Å². The summed E-state index contributed by atoms with van der Waals surface area (Å²) in [6.07, 6.45) is 4.31. The van der Waals surface area contributed by atoms with Gasteiger partial charge in [0.05, 0.1) is 4.88 Å². The van der Waals surface area contributed by atoms with Gasteiger partial charge in [0, 0.05) is 17.2 Å². The Balaban J connectivity index is 1.89. The molecule has 84 valence electrons. The minimum absolute atomic E-state index is 0.516. The minimum Gasteiger partial charge on any atom is -0.420 e. The molecule has 16 heavy (non-hydrogen) atoms. The number of nitrogens with zero attached hydrogens (tertiary/aromatic N) is 2. The van der Waals surface area contributed by atoms with E-state index in [0.29, 0.717) is 24.1 Å². The number of alkyl halides is 1. The number of aryl methyl sites for hydroxylation is 3. The van der Waals surface area contributed by atoms with E-state index in [4.69, 9.17) is 16.0 Å². The molecule has 0 saturated heterocycles. The Morgan fingerprint density at radius 2 is 2.31 bits per heavy atom. The second-order valence-electron chi connectivity index (χ2n) is 3.85. The summed E-state index contributed by atoms with van der Waals surface area (Å²) >= 11 is 7.40. The average Bonchev–Trinajstić information content (AvgIpc) is 2.88. The van der Waals surface area contributed by atoms with Crippen LogP contribution in [0.25, 0.3) is 10.8 Å². The van der Waals surface area contributed by atoms with Gasteiger partial charge in [-0.05, 0) is 30.9 Å². The molecule has 0 fully saturated rings. The van der Waals surface area contributed by atoms with Crippen LogP contribution in [-0.4, -0.2) is 16.1 Å². The van der Waals surface area contributed by atoms with Gasteiger partial charge in [0.15, 0.2) is 0 Å². The van der Waals surface area contributed by atoms with Gasteiger partial charge in [0.25, 0.3) is 5.89 Å². The van der Waals surface area contributed by atoms with Crippen molar-refractivity contribution in [3.8, 4) is 10.8 Å². The Hall–Kier alpha value is -0.870. The highest BCUT2D eigenvalue weighted by molar-refractivity contribution is 7.15. The molecule has 2 aromatic rings. The van der Waals surface area contributed by atoms with Crippen molar-refractivity contribution < 1.29 is 4.42 Å². The lowest BCUT2D eigenvalue weighted by atomic mass is 10.2. The van der Waals surface area contributed by atoms with Gasteiger partial charge in [-0.2, -0.15) is 0 Å². The van der Waals surface area contributed by atoms with E-state index >= 15 is 0 Å². The third-order valence-electron chi connectivity index (χ3n) is 2.73. The predicted octanol–water partition coefficient (Wildman–Crippen LogP) is 3.07. The summed E-state index contributed by atoms with van der Waals surface area (Å²) in [5, 5.41) is 8.02. The van der Waals surface area contributed by atoms with Gasteiger partial charge in [0.1, 0.15) is 0 Å². The summed E-state index contributed by atoms with van der Waals surface area (Å²) in [4.78, 5) is 2.57. The molecule has 0 atom stereocenters. The molecular weight excluding hydrogens is 244 g/mol. The van der Waals surface area contributed by atoms with Crippen molar-refractivity contribution >= 4 is 22.9 Å². The summed E-state index contributed by atoms with van der Waals surface area (Å²) in [5.41, 5.74) is 1.46. The van der Waals surface area contributed by atoms with Crippen LogP contribution < -0.4 is 0 Å². The van der Waals surface area contributed by atoms with Gasteiger partial charge < -0.3 is 4.42 Å². The zero-order chi connectivity index (χ0) is 11.0. The fourth-order valence-electron chi connectivity index (χ4n) is 1.97. The molecule has 1 aliphatic rings. The number of fused-ring (bicyclic) bond motifs is 1. The lowest BCUT2D eigenvalue weighted by Crippen LogP contribution is -1.84. The topological polar surface area (TPSA) is 38.9 Å². The molecule has 0 unspecified atom stereocenters. The van der Waals surface area contributed by atoms with Crippen molar-refractivity contribution in [3.63, 3.8) is 0 Å². The van der Waals surface area contributed by atoms with Gasteiger partial charge in [-0.25, -0.2) is 0 Å². The molecule has 0 N–H and O–H groups in total. The Bertz CT molecular complexity index is 484. The van der Waals surface area contributed by atoms with E-state index in [0.717, 1.165) is 4.88 Å². The minimum atomic E-state index is 0.516. The third-order valence-corrected chi connectivity index (χ3v) is 4.15. The molecule has 5 heteroatoms. The van der Waals surface area contributed by atoms with Crippen LogP contribution >= 0.6 is 22.9 Å². The van der Waals surface area contributed by atoms with E-state index in [9.17, 15) is 0 Å². The summed E-state index contributed by atoms with van der Waals surface area (Å²) in [5.74, 6) is 1.78. The van der Waals surface area contributed by atoms with Crippen LogP contribution in [0.3, 0.4) is 0 Å². The molecule has 0 bridgehead atoms. The lowest BCUT2D eigenvalue weighted by Gasteiger charge is -1.88. The standard InChI is InChI=1S/C11H11ClN2OS/c12-5-4-10-13-14-11(15-10)9-6-7-2-1-3-8(7)16-9/h6H,1-5H2. The summed E-state index contributed by atoms with van der Waals surface area (Å²) in [6, 6.07) is 2.19. The van der Waals surface area contributed by atoms with Crippen LogP contribution in [0.1, 0.15) is 22.8 Å². The van der Waals surface area contributed by atoms with E-state index in [1.165, 1.54) is 29.7 Å². The largest absolute Gasteiger partial charge is 0.420 e. The Kier molecular flexibility index (Phi) is 2.69. The molecule has 2 aromatic heterocycles. The fraction of sp³-hybridized carbons (Fsp3) is 0.455. The van der Waals surface area contributed by atoms with Crippen molar-refractivity contribution in [3.05, 3.63) is 22.4 Å². The maximum Gasteiger partial charge on any atom is 0.257 e. The Morgan fingerprint density at radius 3 is 3.12 bits per heavy atom. The molecule has 0 saturated carbocycles. The molecule has 1 aliphatic carbocycles. The maximum atomic E-state index is 5.63. The predicted molar refractivity (Wildman–Crippen MR) is 64.1 cm³/mol. The smallest absolute Gasteiger partial charge is 0.257 e. The van der Waals surface area contributed by atoms with Gasteiger partial charge in [-0.15, -0.1) is 33.1 Å². The van der Waals surface area contributed by atoms with E-state index in [-0.39, 0.29) is 0 Å². The van der Waals surface area contributed by atoms with Crippen LogP contribution in [0, 0.1) is 0 Å². The zero-order valence-electron chi connectivity index (χ0n) is 8.70. The molecule has 3 nitrogen and oxygen atoms in total. The van der Waals surface area contributed by atoms with Gasteiger partial charge in [-0.3, -0.25) is 0 Å². The first-order valence-electron chi connectivity index (χ1n) is 5.37. The average molecular weight is 255 g/mol. The van der Waals surface area contributed by atoms with Crippen molar-refractivity contribution in [1.82, 2.24) is 10.2 Å². The SMILES string of the molecule is ClCCc1nnc(-c2cc3c(s2)CCC3)o1. The summed E-state index contributed by atoms with van der Waals surface area (Å²) < 4.78 is 5.55. The van der Waals surface area contributed by atoms with Crippen LogP contribution in [-0.2, 0) is 19.3 Å². The van der Waals surface area contributed by atoms with Gasteiger partial charge >= 0.3 is 0 Å². The molecule has 3 rings (SSSR count). The first kappa shape index (κ1) is 10.3. The highest BCUT2D eigenvalue weighted by atomic mass is 35.5. The first-order chi connectivity index (χ1) is 7.86. The van der Waals surface area contributed by atoms with Crippen molar-refractivity contribution in [2.75, 3.05) is 5.88 Å². The quantitative estimate of drug-likeness (QED) is 0.791. The molecule has 0 spiro atoms. The highest BCUT2D eigenvalue weighted by Gasteiger charge is 2.18. The van der Waals surface area contributed by atoms with E-state index in [2.05, 4.69) is 16.3 Å². The second-order valence-corrected chi connectivity index (χ2v) is 5.37. The van der Waals surface area contributed by atoms with Crippen LogP contribution in [0.4, 0.5) is 0 Å². The van der Waals surface area contributed by atoms with Crippen LogP contribution in [0.15, 0.2) is 10.5 Å². The first-order valence-corrected chi connectivity index (χ1v) is 6.72. The number of aromatic nitrogens is 2. The molecule has 0 amide bonds. The number of thiophene rings is 1. The number of halogens is 1. The molecule has 0 radical (unpaired) electrons. The molecular formula is C11H11ClN2OS. The second kappa shape index (κ2) is 4.18. The van der Waals surface area contributed by atoms with Crippen LogP contribution in [0.5, 0.6) is 0 Å². The Labute approximate surface area is 102 Å². The van der Waals surface area contributed by atoms with Crippen molar-refractivity contribution in [2.45, 2.75) is 25.7 Å². The molecule has 2 heterocycles. The maximum absolute atomic E-state index is 5.63. The third kappa shape index (κ3) is 1.76. The summed E-state index contributed by atoms with van der Waals surface area (Å²) in [6.45, 7) is 0. The van der Waals surface area contributed by atoms with Gasteiger partial charge in [-0.1, -0.05) is 0 Å². The monoisotopic (exact) mass is 254 g/mol. The zero-order valence-corrected chi connectivity index (χ0v) is 10.3. The fourth-order valence-corrected chi connectivity index (χ4v) is 3.31. The lowest BCUT2D eigenvalue weighted by molar-refractivity contribution is 0.514. The normalized spacial score (nSPS) is 14.3. The van der Waals surface area contributed by atoms with Crippen molar-refractivity contribution in [2.24, 2.45) is 0 Å². The van der Waals surface area contributed by atoms with E-state index < -0.39 is 0 Å². The van der Waals surface area contributed by atoms with E-state index in [1.54, 1.807) is 11.3 Å². The Morgan fingerprint density at radius 1 is 1.38 bits per heavy atom. The van der Waals surface area contributed by atoms with Crippen LogP contribution in [0.2, 0.25) is 0 Å². The summed E-state index contributed by atoms with van der Waals surface area (Å²) in [7, 11) is 0. The number of hydrogen-bond donors (Lipinski definition) is 0. The van der Waals surface area contributed by atoms with Crippen molar-refractivity contribution in [1.29, 1.82) is 0 Å². The molecule has 0 aromatic carbocycles. The number of hydrogen-bond acceptors (Lipinski definition) is 4. The highest BCUT2D eigenvalue weighted by Crippen LogP contribution is 2.35.